The molecule has 0 bridgehead atoms. The first-order chi connectivity index (χ1) is 9.06. The highest BCUT2D eigenvalue weighted by Gasteiger charge is 2.31. The summed E-state index contributed by atoms with van der Waals surface area (Å²) < 4.78 is 0.490. The zero-order chi connectivity index (χ0) is 14.3. The highest BCUT2D eigenvalue weighted by Crippen LogP contribution is 2.31. The van der Waals surface area contributed by atoms with E-state index in [2.05, 4.69) is 0 Å². The van der Waals surface area contributed by atoms with Crippen LogP contribution in [-0.4, -0.2) is 44.5 Å². The van der Waals surface area contributed by atoms with Crippen LogP contribution in [0.15, 0.2) is 11.0 Å². The van der Waals surface area contributed by atoms with Gasteiger partial charge in [-0.1, -0.05) is 30.1 Å². The number of hydrogen-bond donors (Lipinski definition) is 2. The summed E-state index contributed by atoms with van der Waals surface area (Å²) in [6.07, 6.45) is 4.56. The molecule has 106 valence electrons. The van der Waals surface area contributed by atoms with Crippen molar-refractivity contribution < 1.29 is 19.8 Å². The number of aliphatic hydroxyl groups is 1. The number of carboxylic acid groups (broad SMARTS) is 1. The summed E-state index contributed by atoms with van der Waals surface area (Å²) in [7, 11) is 0. The topological polar surface area (TPSA) is 77.8 Å². The van der Waals surface area contributed by atoms with Gasteiger partial charge >= 0.3 is 5.97 Å². The number of allylic oxidation sites excluding steroid dienone is 1. The van der Waals surface area contributed by atoms with Crippen LogP contribution >= 0.6 is 24.0 Å². The smallest absolute Gasteiger partial charge is 0.303 e. The molecule has 0 aromatic heterocycles. The standard InChI is InChI=1S/C12H17NO4S2/c14-8-3-1-2-5-9-11(17)13(12(18)19-9)7-4-6-10(15)16/h5,14H,1-4,6-8H2,(H,15,16)/b9-5-. The van der Waals surface area contributed by atoms with E-state index in [0.29, 0.717) is 22.2 Å². The predicted molar refractivity (Wildman–Crippen MR) is 77.8 cm³/mol. The Morgan fingerprint density at radius 3 is 2.74 bits per heavy atom. The molecule has 0 saturated carbocycles. The van der Waals surface area contributed by atoms with Gasteiger partial charge in [0.05, 0.1) is 4.91 Å². The highest BCUT2D eigenvalue weighted by molar-refractivity contribution is 8.26. The van der Waals surface area contributed by atoms with Crippen LogP contribution in [0.2, 0.25) is 0 Å². The molecule has 0 aliphatic carbocycles. The van der Waals surface area contributed by atoms with Crippen molar-refractivity contribution in [2.45, 2.75) is 32.1 Å². The molecule has 1 amide bonds. The summed E-state index contributed by atoms with van der Waals surface area (Å²) in [5.41, 5.74) is 0. The third-order valence-electron chi connectivity index (χ3n) is 2.59. The Balaban J connectivity index is 2.46. The van der Waals surface area contributed by atoms with Crippen LogP contribution in [0.25, 0.3) is 0 Å². The predicted octanol–water partition coefficient (Wildman–Crippen LogP) is 1.76. The molecule has 1 rings (SSSR count). The van der Waals surface area contributed by atoms with Crippen LogP contribution in [0.4, 0.5) is 0 Å². The van der Waals surface area contributed by atoms with E-state index < -0.39 is 5.97 Å². The van der Waals surface area contributed by atoms with Crippen LogP contribution < -0.4 is 0 Å². The van der Waals surface area contributed by atoms with Gasteiger partial charge in [0.2, 0.25) is 0 Å². The molecule has 19 heavy (non-hydrogen) atoms. The lowest BCUT2D eigenvalue weighted by molar-refractivity contribution is -0.137. The number of carbonyl (C=O) groups is 2. The minimum Gasteiger partial charge on any atom is -0.481 e. The van der Waals surface area contributed by atoms with Crippen molar-refractivity contribution in [3.8, 4) is 0 Å². The number of unbranched alkanes of at least 4 members (excludes halogenated alkanes) is 2. The van der Waals surface area contributed by atoms with E-state index in [1.54, 1.807) is 0 Å². The van der Waals surface area contributed by atoms with E-state index >= 15 is 0 Å². The number of thiocarbonyl (C=S) groups is 1. The first-order valence-electron chi connectivity index (χ1n) is 6.12. The number of rotatable bonds is 8. The van der Waals surface area contributed by atoms with Crippen molar-refractivity contribution in [2.24, 2.45) is 0 Å². The Bertz CT molecular complexity index is 395. The number of aliphatic hydroxyl groups excluding tert-OH is 1. The number of nitrogens with zero attached hydrogens (tertiary/aromatic N) is 1. The molecule has 0 spiro atoms. The van der Waals surface area contributed by atoms with Crippen molar-refractivity contribution in [1.29, 1.82) is 0 Å². The second-order valence-electron chi connectivity index (χ2n) is 4.11. The Morgan fingerprint density at radius 1 is 1.37 bits per heavy atom. The van der Waals surface area contributed by atoms with Crippen molar-refractivity contribution >= 4 is 40.2 Å². The van der Waals surface area contributed by atoms with Crippen LogP contribution in [0.3, 0.4) is 0 Å². The lowest BCUT2D eigenvalue weighted by Gasteiger charge is -2.13. The zero-order valence-electron chi connectivity index (χ0n) is 10.5. The van der Waals surface area contributed by atoms with Crippen LogP contribution in [0.5, 0.6) is 0 Å². The van der Waals surface area contributed by atoms with Gasteiger partial charge in [0, 0.05) is 19.6 Å². The summed E-state index contributed by atoms with van der Waals surface area (Å²) >= 11 is 6.37. The molecule has 0 radical (unpaired) electrons. The van der Waals surface area contributed by atoms with Gasteiger partial charge in [-0.15, -0.1) is 0 Å². The first kappa shape index (κ1) is 16.1. The normalized spacial score (nSPS) is 17.5. The highest BCUT2D eigenvalue weighted by atomic mass is 32.2. The average Bonchev–Trinajstić information content (AvgIpc) is 2.62. The molecule has 7 heteroatoms. The van der Waals surface area contributed by atoms with Gasteiger partial charge < -0.3 is 10.2 Å². The van der Waals surface area contributed by atoms with E-state index in [1.807, 2.05) is 6.08 Å². The Morgan fingerprint density at radius 2 is 2.11 bits per heavy atom. The average molecular weight is 303 g/mol. The third kappa shape index (κ3) is 5.30. The number of amides is 1. The van der Waals surface area contributed by atoms with Crippen molar-refractivity contribution in [1.82, 2.24) is 4.90 Å². The lowest BCUT2D eigenvalue weighted by Crippen LogP contribution is -2.29. The van der Waals surface area contributed by atoms with Gasteiger partial charge in [-0.3, -0.25) is 14.5 Å². The van der Waals surface area contributed by atoms with Gasteiger partial charge in [-0.2, -0.15) is 0 Å². The van der Waals surface area contributed by atoms with Crippen molar-refractivity contribution in [3.05, 3.63) is 11.0 Å². The van der Waals surface area contributed by atoms with E-state index in [9.17, 15) is 9.59 Å². The van der Waals surface area contributed by atoms with Crippen LogP contribution in [0, 0.1) is 0 Å². The van der Waals surface area contributed by atoms with Crippen LogP contribution in [-0.2, 0) is 9.59 Å². The quantitative estimate of drug-likeness (QED) is 0.404. The van der Waals surface area contributed by atoms with Gasteiger partial charge in [-0.25, -0.2) is 0 Å². The zero-order valence-corrected chi connectivity index (χ0v) is 12.1. The molecule has 1 aliphatic rings. The van der Waals surface area contributed by atoms with Gasteiger partial charge in [0.25, 0.3) is 5.91 Å². The molecular formula is C12H17NO4S2. The molecule has 1 fully saturated rings. The maximum absolute atomic E-state index is 12.0. The van der Waals surface area contributed by atoms with Crippen LogP contribution in [0.1, 0.15) is 32.1 Å². The Kier molecular flexibility index (Phi) is 7.04. The van der Waals surface area contributed by atoms with Crippen molar-refractivity contribution in [2.75, 3.05) is 13.2 Å². The molecule has 0 unspecified atom stereocenters. The largest absolute Gasteiger partial charge is 0.481 e. The summed E-state index contributed by atoms with van der Waals surface area (Å²) in [6.45, 7) is 0.509. The minimum absolute atomic E-state index is 0.0343. The third-order valence-corrected chi connectivity index (χ3v) is 4.01. The van der Waals surface area contributed by atoms with Crippen molar-refractivity contribution in [3.63, 3.8) is 0 Å². The molecule has 1 saturated heterocycles. The molecule has 0 aromatic carbocycles. The molecule has 5 nitrogen and oxygen atoms in total. The monoisotopic (exact) mass is 303 g/mol. The number of thioether (sulfide) groups is 1. The fraction of sp³-hybridized carbons (Fsp3) is 0.583. The number of aliphatic carboxylic acids is 1. The van der Waals surface area contributed by atoms with Gasteiger partial charge in [0.15, 0.2) is 0 Å². The Labute approximate surface area is 121 Å². The molecule has 1 aliphatic heterocycles. The van der Waals surface area contributed by atoms with E-state index in [4.69, 9.17) is 22.4 Å². The fourth-order valence-corrected chi connectivity index (χ4v) is 2.92. The Hall–Kier alpha value is -0.920. The molecule has 0 atom stereocenters. The fourth-order valence-electron chi connectivity index (χ4n) is 1.61. The molecule has 1 heterocycles. The maximum Gasteiger partial charge on any atom is 0.303 e. The van der Waals surface area contributed by atoms with E-state index in [-0.39, 0.29) is 18.9 Å². The lowest BCUT2D eigenvalue weighted by atomic mass is 10.2. The number of hydrogen-bond acceptors (Lipinski definition) is 5. The second-order valence-corrected chi connectivity index (χ2v) is 5.79. The number of carbonyl (C=O) groups excluding carboxylic acids is 1. The molecular weight excluding hydrogens is 286 g/mol. The second kappa shape index (κ2) is 8.29. The van der Waals surface area contributed by atoms with E-state index in [1.165, 1.54) is 16.7 Å². The van der Waals surface area contributed by atoms with Gasteiger partial charge in [-0.05, 0) is 25.7 Å². The molecule has 2 N–H and O–H groups in total. The minimum atomic E-state index is -0.870. The summed E-state index contributed by atoms with van der Waals surface area (Å²) in [5.74, 6) is -1.01. The maximum atomic E-state index is 12.0. The molecule has 0 aromatic rings. The van der Waals surface area contributed by atoms with Gasteiger partial charge in [0.1, 0.15) is 4.32 Å². The summed E-state index contributed by atoms with van der Waals surface area (Å²) in [5, 5.41) is 17.2. The summed E-state index contributed by atoms with van der Waals surface area (Å²) in [6, 6.07) is 0. The first-order valence-corrected chi connectivity index (χ1v) is 7.35. The summed E-state index contributed by atoms with van der Waals surface area (Å²) in [4.78, 5) is 24.5. The number of carboxylic acids is 1. The SMILES string of the molecule is O=C(O)CCCN1C(=O)/C(=C/CCCCO)SC1=S. The van der Waals surface area contributed by atoms with E-state index in [0.717, 1.165) is 19.3 Å².